The quantitative estimate of drug-likeness (QED) is 0.823. The van der Waals surface area contributed by atoms with Crippen LogP contribution in [0.5, 0.6) is 0 Å². The third-order valence-electron chi connectivity index (χ3n) is 3.68. The number of rotatable bonds is 5. The van der Waals surface area contributed by atoms with Crippen LogP contribution in [0, 0.1) is 0 Å². The lowest BCUT2D eigenvalue weighted by Crippen LogP contribution is -2.35. The van der Waals surface area contributed by atoms with E-state index in [9.17, 15) is 8.42 Å². The Hall–Kier alpha value is -1.67. The van der Waals surface area contributed by atoms with Crippen LogP contribution in [-0.2, 0) is 16.4 Å². The van der Waals surface area contributed by atoms with Gasteiger partial charge in [0.25, 0.3) is 0 Å². The van der Waals surface area contributed by atoms with E-state index in [0.29, 0.717) is 30.4 Å². The summed E-state index contributed by atoms with van der Waals surface area (Å²) in [4.78, 5) is 6.35. The molecule has 0 radical (unpaired) electrons. The largest absolute Gasteiger partial charge is 0.461 e. The van der Waals surface area contributed by atoms with Crippen molar-refractivity contribution in [2.45, 2.75) is 25.9 Å². The lowest BCUT2D eigenvalue weighted by molar-refractivity contribution is 0.186. The molecular formula is C13H17N3O4S. The van der Waals surface area contributed by atoms with Gasteiger partial charge in [-0.2, -0.15) is 4.98 Å². The molecule has 0 N–H and O–H groups in total. The number of hydrogen-bond acceptors (Lipinski definition) is 7. The zero-order chi connectivity index (χ0) is 14.9. The molecule has 1 aliphatic rings. The minimum Gasteiger partial charge on any atom is -0.461 e. The van der Waals surface area contributed by atoms with Gasteiger partial charge in [0.05, 0.1) is 24.3 Å². The minimum absolute atomic E-state index is 0.0268. The van der Waals surface area contributed by atoms with Gasteiger partial charge in [-0.25, -0.2) is 8.42 Å². The average molecular weight is 311 g/mol. The van der Waals surface area contributed by atoms with Crippen LogP contribution in [0.25, 0.3) is 11.6 Å². The fourth-order valence-corrected chi connectivity index (χ4v) is 4.32. The molecule has 7 nitrogen and oxygen atoms in total. The lowest BCUT2D eigenvalue weighted by atomic mass is 10.2. The van der Waals surface area contributed by atoms with Crippen LogP contribution in [0.3, 0.4) is 0 Å². The molecule has 2 aromatic heterocycles. The Kier molecular flexibility index (Phi) is 3.81. The van der Waals surface area contributed by atoms with E-state index in [1.807, 2.05) is 6.92 Å². The molecule has 21 heavy (non-hydrogen) atoms. The highest BCUT2D eigenvalue weighted by atomic mass is 32.2. The number of sulfone groups is 1. The van der Waals surface area contributed by atoms with Crippen molar-refractivity contribution in [3.63, 3.8) is 0 Å². The van der Waals surface area contributed by atoms with Crippen LogP contribution in [-0.4, -0.2) is 47.6 Å². The highest BCUT2D eigenvalue weighted by molar-refractivity contribution is 7.91. The van der Waals surface area contributed by atoms with Crippen molar-refractivity contribution in [3.05, 3.63) is 24.3 Å². The molecule has 1 saturated heterocycles. The number of furan rings is 1. The summed E-state index contributed by atoms with van der Waals surface area (Å²) in [6.07, 6.45) is 2.21. The summed E-state index contributed by atoms with van der Waals surface area (Å²) in [6, 6.07) is 3.54. The zero-order valence-corrected chi connectivity index (χ0v) is 12.5. The minimum atomic E-state index is -2.90. The average Bonchev–Trinajstić information content (AvgIpc) is 3.15. The summed E-state index contributed by atoms with van der Waals surface area (Å²) in [5, 5.41) is 3.88. The molecule has 3 heterocycles. The number of hydrogen-bond donors (Lipinski definition) is 0. The Morgan fingerprint density at radius 3 is 2.95 bits per heavy atom. The predicted molar refractivity (Wildman–Crippen MR) is 75.1 cm³/mol. The molecule has 0 saturated carbocycles. The van der Waals surface area contributed by atoms with Crippen LogP contribution < -0.4 is 0 Å². The van der Waals surface area contributed by atoms with Crippen molar-refractivity contribution in [1.82, 2.24) is 15.0 Å². The van der Waals surface area contributed by atoms with E-state index in [-0.39, 0.29) is 17.5 Å². The number of aromatic nitrogens is 2. The van der Waals surface area contributed by atoms with Gasteiger partial charge in [-0.15, -0.1) is 0 Å². The summed E-state index contributed by atoms with van der Waals surface area (Å²) >= 11 is 0. The lowest BCUT2D eigenvalue weighted by Gasteiger charge is -2.24. The molecular weight excluding hydrogens is 294 g/mol. The molecule has 0 aromatic carbocycles. The maximum Gasteiger partial charge on any atom is 0.241 e. The summed E-state index contributed by atoms with van der Waals surface area (Å²) < 4.78 is 33.6. The highest BCUT2D eigenvalue weighted by Crippen LogP contribution is 2.21. The molecule has 0 amide bonds. The van der Waals surface area contributed by atoms with Crippen molar-refractivity contribution in [3.8, 4) is 11.6 Å². The van der Waals surface area contributed by atoms with Gasteiger partial charge < -0.3 is 8.94 Å². The molecule has 0 unspecified atom stereocenters. The van der Waals surface area contributed by atoms with Gasteiger partial charge in [-0.05, 0) is 25.1 Å². The Morgan fingerprint density at radius 2 is 2.33 bits per heavy atom. The van der Waals surface area contributed by atoms with Crippen molar-refractivity contribution < 1.29 is 17.4 Å². The number of nitrogens with zero attached hydrogens (tertiary/aromatic N) is 3. The molecule has 114 valence electrons. The smallest absolute Gasteiger partial charge is 0.241 e. The van der Waals surface area contributed by atoms with E-state index in [0.717, 1.165) is 6.54 Å². The highest BCUT2D eigenvalue weighted by Gasteiger charge is 2.32. The molecule has 0 aliphatic carbocycles. The maximum atomic E-state index is 11.6. The Morgan fingerprint density at radius 1 is 1.48 bits per heavy atom. The van der Waals surface area contributed by atoms with E-state index in [4.69, 9.17) is 8.94 Å². The van der Waals surface area contributed by atoms with Gasteiger partial charge in [-0.1, -0.05) is 12.1 Å². The third-order valence-corrected chi connectivity index (χ3v) is 5.43. The Balaban J connectivity index is 1.70. The Bertz CT molecular complexity index is 693. The molecule has 1 aliphatic heterocycles. The van der Waals surface area contributed by atoms with Crippen LogP contribution in [0.4, 0.5) is 0 Å². The monoisotopic (exact) mass is 311 g/mol. The summed E-state index contributed by atoms with van der Waals surface area (Å²) in [5.74, 6) is 1.89. The van der Waals surface area contributed by atoms with E-state index in [1.165, 1.54) is 0 Å². The first kappa shape index (κ1) is 14.3. The normalized spacial score (nSPS) is 21.1. The maximum absolute atomic E-state index is 11.6. The van der Waals surface area contributed by atoms with Gasteiger partial charge in [0, 0.05) is 6.04 Å². The van der Waals surface area contributed by atoms with Crippen molar-refractivity contribution in [2.24, 2.45) is 0 Å². The summed E-state index contributed by atoms with van der Waals surface area (Å²) in [6.45, 7) is 3.18. The fourth-order valence-electron chi connectivity index (χ4n) is 2.56. The van der Waals surface area contributed by atoms with Crippen molar-refractivity contribution >= 4 is 9.84 Å². The molecule has 1 fully saturated rings. The van der Waals surface area contributed by atoms with E-state index in [1.54, 1.807) is 18.4 Å². The first-order chi connectivity index (χ1) is 10.1. The van der Waals surface area contributed by atoms with Crippen LogP contribution in [0.1, 0.15) is 19.2 Å². The van der Waals surface area contributed by atoms with Crippen LogP contribution in [0.2, 0.25) is 0 Å². The second-order valence-electron chi connectivity index (χ2n) is 5.11. The third kappa shape index (κ3) is 3.16. The van der Waals surface area contributed by atoms with Gasteiger partial charge >= 0.3 is 0 Å². The molecule has 0 bridgehead atoms. The standard InChI is InChI=1S/C13H17N3O4S/c1-2-16(10-5-7-21(17,18)9-10)8-12-14-13(15-20-12)11-4-3-6-19-11/h3-4,6,10H,2,5,7-9H2,1H3/t10-/m1/s1. The van der Waals surface area contributed by atoms with E-state index >= 15 is 0 Å². The second-order valence-corrected chi connectivity index (χ2v) is 7.34. The zero-order valence-electron chi connectivity index (χ0n) is 11.7. The predicted octanol–water partition coefficient (Wildman–Crippen LogP) is 1.34. The first-order valence-electron chi connectivity index (χ1n) is 6.88. The molecule has 1 atom stereocenters. The SMILES string of the molecule is CCN(Cc1nc(-c2ccco2)no1)[C@@H]1CCS(=O)(=O)C1. The molecule has 8 heteroatoms. The van der Waals surface area contributed by atoms with Gasteiger partial charge in [0.15, 0.2) is 15.6 Å². The van der Waals surface area contributed by atoms with Crippen molar-refractivity contribution in [1.29, 1.82) is 0 Å². The molecule has 3 rings (SSSR count). The molecule has 2 aromatic rings. The molecule has 0 spiro atoms. The Labute approximate surface area is 122 Å². The van der Waals surface area contributed by atoms with Gasteiger partial charge in [0.1, 0.15) is 0 Å². The van der Waals surface area contributed by atoms with E-state index in [2.05, 4.69) is 15.0 Å². The van der Waals surface area contributed by atoms with Crippen LogP contribution >= 0.6 is 0 Å². The first-order valence-corrected chi connectivity index (χ1v) is 8.70. The summed E-state index contributed by atoms with van der Waals surface area (Å²) in [7, 11) is -2.90. The van der Waals surface area contributed by atoms with Crippen molar-refractivity contribution in [2.75, 3.05) is 18.1 Å². The van der Waals surface area contributed by atoms with Crippen LogP contribution in [0.15, 0.2) is 27.3 Å². The van der Waals surface area contributed by atoms with E-state index < -0.39 is 9.84 Å². The van der Waals surface area contributed by atoms with Gasteiger partial charge in [-0.3, -0.25) is 4.90 Å². The second kappa shape index (κ2) is 5.61. The summed E-state index contributed by atoms with van der Waals surface area (Å²) in [5.41, 5.74) is 0. The van der Waals surface area contributed by atoms with Gasteiger partial charge in [0.2, 0.25) is 11.7 Å². The fraction of sp³-hybridized carbons (Fsp3) is 0.538. The topological polar surface area (TPSA) is 89.4 Å².